The van der Waals surface area contributed by atoms with Crippen molar-refractivity contribution in [2.24, 2.45) is 0 Å². The molecule has 1 fully saturated rings. The minimum atomic E-state index is -4.77. The lowest BCUT2D eigenvalue weighted by Gasteiger charge is -2.30. The molecular weight excluding hydrogens is 507 g/mol. The van der Waals surface area contributed by atoms with Crippen LogP contribution in [0.1, 0.15) is 36.0 Å². The molecule has 0 spiro atoms. The summed E-state index contributed by atoms with van der Waals surface area (Å²) < 4.78 is 40.8. The molecule has 7 nitrogen and oxygen atoms in total. The smallest absolute Gasteiger partial charge is 0.406 e. The molecule has 0 saturated heterocycles. The highest BCUT2D eigenvalue weighted by Crippen LogP contribution is 2.31. The molecule has 0 aliphatic heterocycles. The highest BCUT2D eigenvalue weighted by molar-refractivity contribution is 6.29. The van der Waals surface area contributed by atoms with Crippen LogP contribution in [-0.2, 0) is 0 Å². The SMILES string of the molecule is O=C(NC1CCC(Nc2cc(-c3c[nH]c4ncccc34)cc(Cl)n2)CC1)c1ccc(OC(F)(F)F)cc1. The first-order valence-corrected chi connectivity index (χ1v) is 12.1. The second-order valence-corrected chi connectivity index (χ2v) is 9.29. The molecule has 3 heterocycles. The number of anilines is 1. The maximum Gasteiger partial charge on any atom is 0.573 e. The number of aromatic nitrogens is 3. The summed E-state index contributed by atoms with van der Waals surface area (Å²) in [4.78, 5) is 24.5. The Labute approximate surface area is 215 Å². The van der Waals surface area contributed by atoms with E-state index >= 15 is 0 Å². The third-order valence-corrected chi connectivity index (χ3v) is 6.51. The van der Waals surface area contributed by atoms with Crippen molar-refractivity contribution < 1.29 is 22.7 Å². The van der Waals surface area contributed by atoms with Crippen LogP contribution in [-0.4, -0.2) is 39.3 Å². The largest absolute Gasteiger partial charge is 0.573 e. The normalized spacial score (nSPS) is 17.9. The monoisotopic (exact) mass is 529 g/mol. The van der Waals surface area contributed by atoms with Crippen LogP contribution in [0.5, 0.6) is 5.75 Å². The van der Waals surface area contributed by atoms with Gasteiger partial charge in [-0.25, -0.2) is 9.97 Å². The molecule has 0 atom stereocenters. The average molecular weight is 530 g/mol. The number of carbonyl (C=O) groups excluding carboxylic acids is 1. The van der Waals surface area contributed by atoms with Crippen LogP contribution in [0.25, 0.3) is 22.2 Å². The van der Waals surface area contributed by atoms with E-state index in [4.69, 9.17) is 11.6 Å². The Hall–Kier alpha value is -3.79. The van der Waals surface area contributed by atoms with Crippen LogP contribution < -0.4 is 15.4 Å². The number of alkyl halides is 3. The van der Waals surface area contributed by atoms with Crippen molar-refractivity contribution in [2.45, 2.75) is 44.1 Å². The van der Waals surface area contributed by atoms with Gasteiger partial charge in [-0.2, -0.15) is 0 Å². The van der Waals surface area contributed by atoms with Crippen LogP contribution in [0.3, 0.4) is 0 Å². The van der Waals surface area contributed by atoms with Crippen LogP contribution in [0, 0.1) is 0 Å². The van der Waals surface area contributed by atoms with Crippen molar-refractivity contribution in [3.05, 3.63) is 71.6 Å². The number of hydrogen-bond donors (Lipinski definition) is 3. The van der Waals surface area contributed by atoms with E-state index in [9.17, 15) is 18.0 Å². The van der Waals surface area contributed by atoms with E-state index in [1.165, 1.54) is 12.1 Å². The maximum atomic E-state index is 12.5. The third-order valence-electron chi connectivity index (χ3n) is 6.32. The molecule has 4 aromatic rings. The number of fused-ring (bicyclic) bond motifs is 1. The quantitative estimate of drug-likeness (QED) is 0.254. The van der Waals surface area contributed by atoms with E-state index in [0.29, 0.717) is 11.0 Å². The Bertz CT molecular complexity index is 1400. The second kappa shape index (κ2) is 10.3. The summed E-state index contributed by atoms with van der Waals surface area (Å²) in [6.07, 6.45) is 1.98. The molecular formula is C26H23ClF3N5O2. The molecule has 192 valence electrons. The molecule has 5 rings (SSSR count). The van der Waals surface area contributed by atoms with Gasteiger partial charge in [-0.15, -0.1) is 13.2 Å². The second-order valence-electron chi connectivity index (χ2n) is 8.90. The number of halogens is 4. The Morgan fingerprint density at radius 1 is 1.05 bits per heavy atom. The first kappa shape index (κ1) is 24.9. The molecule has 3 N–H and O–H groups in total. The molecule has 11 heteroatoms. The van der Waals surface area contributed by atoms with Gasteiger partial charge in [0.15, 0.2) is 0 Å². The van der Waals surface area contributed by atoms with E-state index < -0.39 is 6.36 Å². The van der Waals surface area contributed by atoms with E-state index in [2.05, 4.69) is 30.3 Å². The third kappa shape index (κ3) is 6.14. The molecule has 1 aliphatic rings. The summed E-state index contributed by atoms with van der Waals surface area (Å²) in [5, 5.41) is 7.80. The standard InChI is InChI=1S/C26H23ClF3N5O2/c27-22-12-16(21-14-32-24-20(21)2-1-11-31-24)13-23(35-22)33-17-5-7-18(8-6-17)34-25(36)15-3-9-19(10-4-15)37-26(28,29)30/h1-4,9-14,17-18H,5-8H2,(H,31,32)(H,33,35)(H,34,36). The number of carbonyl (C=O) groups is 1. The van der Waals surface area contributed by atoms with Crippen molar-refractivity contribution in [3.63, 3.8) is 0 Å². The number of nitrogens with zero attached hydrogens (tertiary/aromatic N) is 2. The summed E-state index contributed by atoms with van der Waals surface area (Å²) in [6, 6.07) is 12.7. The van der Waals surface area contributed by atoms with Gasteiger partial charge in [0.25, 0.3) is 5.91 Å². The molecule has 37 heavy (non-hydrogen) atoms. The van der Waals surface area contributed by atoms with Gasteiger partial charge >= 0.3 is 6.36 Å². The zero-order valence-electron chi connectivity index (χ0n) is 19.5. The van der Waals surface area contributed by atoms with E-state index in [-0.39, 0.29) is 29.3 Å². The van der Waals surface area contributed by atoms with Crippen LogP contribution >= 0.6 is 11.6 Å². The molecule has 0 unspecified atom stereocenters. The van der Waals surface area contributed by atoms with Crippen molar-refractivity contribution in [2.75, 3.05) is 5.32 Å². The molecule has 1 saturated carbocycles. The van der Waals surface area contributed by atoms with E-state index in [1.807, 2.05) is 30.5 Å². The molecule has 1 aromatic carbocycles. The lowest BCUT2D eigenvalue weighted by atomic mass is 9.91. The Morgan fingerprint density at radius 2 is 1.78 bits per heavy atom. The number of rotatable bonds is 6. The number of H-pyrrole nitrogens is 1. The van der Waals surface area contributed by atoms with Gasteiger partial charge < -0.3 is 20.4 Å². The van der Waals surface area contributed by atoms with Crippen LogP contribution in [0.4, 0.5) is 19.0 Å². The average Bonchev–Trinajstić information content (AvgIpc) is 3.29. The fourth-order valence-electron chi connectivity index (χ4n) is 4.59. The fourth-order valence-corrected chi connectivity index (χ4v) is 4.80. The van der Waals surface area contributed by atoms with Crippen molar-refractivity contribution >= 4 is 34.4 Å². The van der Waals surface area contributed by atoms with Gasteiger partial charge in [0.05, 0.1) is 0 Å². The van der Waals surface area contributed by atoms with Gasteiger partial charge in [-0.3, -0.25) is 4.79 Å². The molecule has 3 aromatic heterocycles. The number of hydrogen-bond acceptors (Lipinski definition) is 5. The number of aromatic amines is 1. The molecule has 1 aliphatic carbocycles. The van der Waals surface area contributed by atoms with Crippen molar-refractivity contribution in [1.82, 2.24) is 20.3 Å². The predicted molar refractivity (Wildman–Crippen MR) is 135 cm³/mol. The zero-order valence-corrected chi connectivity index (χ0v) is 20.2. The van der Waals surface area contributed by atoms with E-state index in [1.54, 1.807) is 6.20 Å². The van der Waals surface area contributed by atoms with Gasteiger partial charge in [-0.1, -0.05) is 11.6 Å². The van der Waals surface area contributed by atoms with Crippen LogP contribution in [0.15, 0.2) is 60.9 Å². The zero-order chi connectivity index (χ0) is 26.0. The number of pyridine rings is 2. The number of amides is 1. The summed E-state index contributed by atoms with van der Waals surface area (Å²) in [6.45, 7) is 0. The lowest BCUT2D eigenvalue weighted by molar-refractivity contribution is -0.274. The summed E-state index contributed by atoms with van der Waals surface area (Å²) in [7, 11) is 0. The van der Waals surface area contributed by atoms with Crippen molar-refractivity contribution in [1.29, 1.82) is 0 Å². The van der Waals surface area contributed by atoms with Gasteiger partial charge in [0.1, 0.15) is 22.4 Å². The Morgan fingerprint density at radius 3 is 2.51 bits per heavy atom. The highest BCUT2D eigenvalue weighted by atomic mass is 35.5. The summed E-state index contributed by atoms with van der Waals surface area (Å²) in [5.74, 6) is -0.0199. The maximum absolute atomic E-state index is 12.5. The number of benzene rings is 1. The molecule has 1 amide bonds. The lowest BCUT2D eigenvalue weighted by Crippen LogP contribution is -2.40. The Balaban J connectivity index is 1.17. The number of ether oxygens (including phenoxy) is 1. The molecule has 0 bridgehead atoms. The van der Waals surface area contributed by atoms with Crippen LogP contribution in [0.2, 0.25) is 5.15 Å². The minimum Gasteiger partial charge on any atom is -0.406 e. The molecule has 0 radical (unpaired) electrons. The van der Waals surface area contributed by atoms with Gasteiger partial charge in [-0.05, 0) is 79.8 Å². The first-order chi connectivity index (χ1) is 17.7. The predicted octanol–water partition coefficient (Wildman–Crippen LogP) is 6.33. The van der Waals surface area contributed by atoms with Gasteiger partial charge in [0.2, 0.25) is 0 Å². The first-order valence-electron chi connectivity index (χ1n) is 11.8. The minimum absolute atomic E-state index is 0.0294. The van der Waals surface area contributed by atoms with E-state index in [0.717, 1.165) is 60.0 Å². The van der Waals surface area contributed by atoms with Crippen molar-refractivity contribution in [3.8, 4) is 16.9 Å². The highest BCUT2D eigenvalue weighted by Gasteiger charge is 2.31. The Kier molecular flexibility index (Phi) is 6.92. The fraction of sp³-hybridized carbons (Fsp3) is 0.269. The van der Waals surface area contributed by atoms with Gasteiger partial charge in [0, 0.05) is 41.0 Å². The summed E-state index contributed by atoms with van der Waals surface area (Å²) in [5.41, 5.74) is 2.98. The number of nitrogens with one attached hydrogen (secondary N) is 3. The summed E-state index contributed by atoms with van der Waals surface area (Å²) >= 11 is 6.33. The topological polar surface area (TPSA) is 91.9 Å².